The van der Waals surface area contributed by atoms with Crippen molar-refractivity contribution >= 4 is 5.91 Å². The van der Waals surface area contributed by atoms with Gasteiger partial charge >= 0.3 is 0 Å². The lowest BCUT2D eigenvalue weighted by atomic mass is 9.98. The highest BCUT2D eigenvalue weighted by atomic mass is 16.2. The molecule has 3 heteroatoms. The molecule has 3 rings (SSSR count). The zero-order chi connectivity index (χ0) is 13.5. The van der Waals surface area contributed by atoms with E-state index in [-0.39, 0.29) is 5.54 Å². The molecular formula is C16H28N2O. The Labute approximate surface area is 117 Å². The van der Waals surface area contributed by atoms with Crippen LogP contribution in [0.1, 0.15) is 71.6 Å². The highest BCUT2D eigenvalue weighted by Crippen LogP contribution is 2.46. The van der Waals surface area contributed by atoms with Crippen molar-refractivity contribution in [1.82, 2.24) is 10.2 Å². The van der Waals surface area contributed by atoms with Gasteiger partial charge in [0.25, 0.3) is 0 Å². The Morgan fingerprint density at radius 1 is 1.21 bits per heavy atom. The first-order valence-corrected chi connectivity index (χ1v) is 8.32. The predicted molar refractivity (Wildman–Crippen MR) is 76.7 cm³/mol. The summed E-state index contributed by atoms with van der Waals surface area (Å²) in [7, 11) is 0. The van der Waals surface area contributed by atoms with E-state index >= 15 is 0 Å². The van der Waals surface area contributed by atoms with Gasteiger partial charge < -0.3 is 4.90 Å². The molecule has 2 saturated carbocycles. The quantitative estimate of drug-likeness (QED) is 0.827. The third kappa shape index (κ3) is 2.20. The number of nitrogens with one attached hydrogen (secondary N) is 1. The second kappa shape index (κ2) is 5.08. The maximum atomic E-state index is 12.9. The van der Waals surface area contributed by atoms with Crippen molar-refractivity contribution in [1.29, 1.82) is 0 Å². The van der Waals surface area contributed by atoms with E-state index in [9.17, 15) is 4.79 Å². The van der Waals surface area contributed by atoms with Crippen molar-refractivity contribution in [3.8, 4) is 0 Å². The van der Waals surface area contributed by atoms with E-state index in [0.29, 0.717) is 18.1 Å². The van der Waals surface area contributed by atoms with Crippen LogP contribution in [-0.4, -0.2) is 28.6 Å². The van der Waals surface area contributed by atoms with E-state index in [1.54, 1.807) is 0 Å². The summed E-state index contributed by atoms with van der Waals surface area (Å²) >= 11 is 0. The molecule has 108 valence electrons. The third-order valence-electron chi connectivity index (χ3n) is 5.34. The Kier molecular flexibility index (Phi) is 3.59. The average molecular weight is 264 g/mol. The number of hydrogen-bond acceptors (Lipinski definition) is 2. The minimum absolute atomic E-state index is 0.167. The molecule has 1 amide bonds. The summed E-state index contributed by atoms with van der Waals surface area (Å²) < 4.78 is 0. The Balaban J connectivity index is 1.74. The first kappa shape index (κ1) is 13.4. The van der Waals surface area contributed by atoms with Crippen molar-refractivity contribution in [2.24, 2.45) is 5.92 Å². The summed E-state index contributed by atoms with van der Waals surface area (Å²) in [6.45, 7) is 4.47. The molecule has 2 aliphatic carbocycles. The highest BCUT2D eigenvalue weighted by molar-refractivity contribution is 5.89. The van der Waals surface area contributed by atoms with Gasteiger partial charge in [0, 0.05) is 6.04 Å². The molecule has 0 bridgehead atoms. The largest absolute Gasteiger partial charge is 0.322 e. The lowest BCUT2D eigenvalue weighted by Gasteiger charge is -2.24. The molecule has 1 saturated heterocycles. The molecule has 3 aliphatic rings. The maximum absolute atomic E-state index is 12.9. The number of hydrogen-bond donors (Lipinski definition) is 1. The molecule has 1 N–H and O–H groups in total. The van der Waals surface area contributed by atoms with Crippen molar-refractivity contribution in [2.75, 3.05) is 0 Å². The van der Waals surface area contributed by atoms with Crippen molar-refractivity contribution < 1.29 is 4.79 Å². The first-order chi connectivity index (χ1) is 9.22. The lowest BCUT2D eigenvalue weighted by molar-refractivity contribution is -0.134. The molecule has 1 aliphatic heterocycles. The fraction of sp³-hybridized carbons (Fsp3) is 0.938. The van der Waals surface area contributed by atoms with Crippen LogP contribution in [0.25, 0.3) is 0 Å². The molecule has 3 fully saturated rings. The fourth-order valence-electron chi connectivity index (χ4n) is 4.30. The van der Waals surface area contributed by atoms with Gasteiger partial charge in [-0.25, -0.2) is 0 Å². The van der Waals surface area contributed by atoms with E-state index in [4.69, 9.17) is 0 Å². The third-order valence-corrected chi connectivity index (χ3v) is 5.34. The Morgan fingerprint density at radius 3 is 2.53 bits per heavy atom. The van der Waals surface area contributed by atoms with Crippen LogP contribution in [-0.2, 0) is 4.79 Å². The van der Waals surface area contributed by atoms with Crippen LogP contribution in [0.5, 0.6) is 0 Å². The Morgan fingerprint density at radius 2 is 1.89 bits per heavy atom. The average Bonchev–Trinajstić information content (AvgIpc) is 2.87. The maximum Gasteiger partial charge on any atom is 0.244 e. The molecule has 0 aromatic carbocycles. The molecule has 1 spiro atoms. The minimum atomic E-state index is -0.167. The highest BCUT2D eigenvalue weighted by Gasteiger charge is 2.57. The monoisotopic (exact) mass is 264 g/mol. The fourth-order valence-corrected chi connectivity index (χ4v) is 4.30. The Hall–Kier alpha value is -0.570. The van der Waals surface area contributed by atoms with Gasteiger partial charge in [0.2, 0.25) is 5.91 Å². The second-order valence-electron chi connectivity index (χ2n) is 6.80. The summed E-state index contributed by atoms with van der Waals surface area (Å²) in [4.78, 5) is 15.2. The summed E-state index contributed by atoms with van der Waals surface area (Å²) in [5, 5.41) is 3.73. The second-order valence-corrected chi connectivity index (χ2v) is 6.80. The van der Waals surface area contributed by atoms with E-state index in [0.717, 1.165) is 31.6 Å². The van der Waals surface area contributed by atoms with Crippen LogP contribution >= 0.6 is 0 Å². The summed E-state index contributed by atoms with van der Waals surface area (Å²) in [5.41, 5.74) is -0.167. The van der Waals surface area contributed by atoms with Crippen molar-refractivity contribution in [2.45, 2.75) is 89.4 Å². The van der Waals surface area contributed by atoms with Gasteiger partial charge in [0.05, 0.1) is 11.7 Å². The van der Waals surface area contributed by atoms with E-state index in [1.807, 2.05) is 0 Å². The lowest BCUT2D eigenvalue weighted by Crippen LogP contribution is -2.44. The standard InChI is InChI=1S/C16H28N2O/c1-3-7-12-11-13(12)18-14(8-4-2)17-16(15(18)19)9-5-6-10-16/h12-14,17H,3-11H2,1-2H3. The predicted octanol–water partition coefficient (Wildman–Crippen LogP) is 3.05. The van der Waals surface area contributed by atoms with Crippen LogP contribution < -0.4 is 5.32 Å². The molecule has 19 heavy (non-hydrogen) atoms. The Bertz CT molecular complexity index is 349. The van der Waals surface area contributed by atoms with E-state index in [1.165, 1.54) is 32.1 Å². The number of rotatable bonds is 5. The molecule has 0 aromatic rings. The zero-order valence-electron chi connectivity index (χ0n) is 12.5. The first-order valence-electron chi connectivity index (χ1n) is 8.32. The molecule has 3 unspecified atom stereocenters. The molecule has 0 aromatic heterocycles. The topological polar surface area (TPSA) is 32.3 Å². The SMILES string of the molecule is CCCC1CC1N1C(=O)C2(CCCC2)NC1CCC. The molecule has 3 atom stereocenters. The van der Waals surface area contributed by atoms with Gasteiger partial charge in [-0.2, -0.15) is 0 Å². The van der Waals surface area contributed by atoms with Gasteiger partial charge in [0.15, 0.2) is 0 Å². The van der Waals surface area contributed by atoms with Gasteiger partial charge in [-0.05, 0) is 38.0 Å². The zero-order valence-corrected chi connectivity index (χ0v) is 12.5. The van der Waals surface area contributed by atoms with Crippen molar-refractivity contribution in [3.63, 3.8) is 0 Å². The summed E-state index contributed by atoms with van der Waals surface area (Å²) in [6.07, 6.45) is 10.9. The van der Waals surface area contributed by atoms with Crippen LogP contribution in [0, 0.1) is 5.92 Å². The van der Waals surface area contributed by atoms with Gasteiger partial charge in [-0.15, -0.1) is 0 Å². The normalized spacial score (nSPS) is 36.4. The van der Waals surface area contributed by atoms with Crippen LogP contribution in [0.2, 0.25) is 0 Å². The van der Waals surface area contributed by atoms with Gasteiger partial charge in [-0.1, -0.05) is 39.5 Å². The van der Waals surface area contributed by atoms with Gasteiger partial charge in [-0.3, -0.25) is 10.1 Å². The smallest absolute Gasteiger partial charge is 0.244 e. The molecule has 0 radical (unpaired) electrons. The van der Waals surface area contributed by atoms with Crippen LogP contribution in [0.4, 0.5) is 0 Å². The molecular weight excluding hydrogens is 236 g/mol. The van der Waals surface area contributed by atoms with Crippen molar-refractivity contribution in [3.05, 3.63) is 0 Å². The number of carbonyl (C=O) groups is 1. The summed E-state index contributed by atoms with van der Waals surface area (Å²) in [5.74, 6) is 1.22. The minimum Gasteiger partial charge on any atom is -0.322 e. The van der Waals surface area contributed by atoms with Gasteiger partial charge in [0.1, 0.15) is 0 Å². The van der Waals surface area contributed by atoms with E-state index in [2.05, 4.69) is 24.1 Å². The number of nitrogens with zero attached hydrogens (tertiary/aromatic N) is 1. The molecule has 3 nitrogen and oxygen atoms in total. The van der Waals surface area contributed by atoms with Crippen LogP contribution in [0.3, 0.4) is 0 Å². The molecule has 1 heterocycles. The van der Waals surface area contributed by atoms with E-state index < -0.39 is 0 Å². The summed E-state index contributed by atoms with van der Waals surface area (Å²) in [6, 6.07) is 0.552. The van der Waals surface area contributed by atoms with Crippen LogP contribution in [0.15, 0.2) is 0 Å². The number of amides is 1. The number of carbonyl (C=O) groups excluding carboxylic acids is 1.